The lowest BCUT2D eigenvalue weighted by molar-refractivity contribution is -0.116. The van der Waals surface area contributed by atoms with Crippen molar-refractivity contribution in [3.05, 3.63) is 64.7 Å². The van der Waals surface area contributed by atoms with E-state index in [0.29, 0.717) is 5.69 Å². The van der Waals surface area contributed by atoms with Crippen molar-refractivity contribution in [2.45, 2.75) is 27.3 Å². The van der Waals surface area contributed by atoms with Gasteiger partial charge in [-0.1, -0.05) is 42.0 Å². The number of benzene rings is 2. The van der Waals surface area contributed by atoms with Gasteiger partial charge in [0.1, 0.15) is 0 Å². The molecule has 134 valence electrons. The minimum absolute atomic E-state index is 0.166. The number of nitrogens with one attached hydrogen (secondary N) is 1. The molecule has 1 amide bonds. The molecule has 0 bridgehead atoms. The number of carbonyl (C=O) groups is 1. The Bertz CT molecular complexity index is 859. The fourth-order valence-corrected chi connectivity index (χ4v) is 3.16. The van der Waals surface area contributed by atoms with E-state index in [4.69, 9.17) is 0 Å². The van der Waals surface area contributed by atoms with Crippen molar-refractivity contribution in [1.29, 1.82) is 0 Å². The quantitative estimate of drug-likeness (QED) is 0.861. The van der Waals surface area contributed by atoms with Gasteiger partial charge in [-0.3, -0.25) is 4.79 Å². The fourth-order valence-electron chi connectivity index (χ4n) is 2.42. The van der Waals surface area contributed by atoms with Crippen LogP contribution in [0.5, 0.6) is 0 Å². The summed E-state index contributed by atoms with van der Waals surface area (Å²) < 4.78 is 25.3. The van der Waals surface area contributed by atoms with Gasteiger partial charge in [0.15, 0.2) is 0 Å². The number of rotatable bonds is 6. The van der Waals surface area contributed by atoms with Crippen LogP contribution in [0.4, 0.5) is 5.69 Å². The van der Waals surface area contributed by atoms with Crippen LogP contribution >= 0.6 is 0 Å². The lowest BCUT2D eigenvalue weighted by Gasteiger charge is -2.20. The first kappa shape index (κ1) is 19.1. The molecule has 1 N–H and O–H groups in total. The second-order valence-electron chi connectivity index (χ2n) is 6.31. The Morgan fingerprint density at radius 3 is 2.28 bits per heavy atom. The average Bonchev–Trinajstić information content (AvgIpc) is 2.52. The molecule has 0 aromatic heterocycles. The largest absolute Gasteiger partial charge is 0.325 e. The van der Waals surface area contributed by atoms with E-state index in [1.54, 1.807) is 0 Å². The molecule has 2 aromatic carbocycles. The van der Waals surface area contributed by atoms with Crippen LogP contribution in [0.2, 0.25) is 0 Å². The van der Waals surface area contributed by atoms with Crippen LogP contribution in [0.3, 0.4) is 0 Å². The zero-order valence-electron chi connectivity index (χ0n) is 15.0. The molecular weight excluding hydrogens is 336 g/mol. The number of aryl methyl sites for hydroxylation is 2. The smallest absolute Gasteiger partial charge is 0.239 e. The second kappa shape index (κ2) is 7.80. The SMILES string of the molecule is Cc1ccc(CN(CC(=O)Nc2cccc(C)c2C)S(C)(=O)=O)cc1. The van der Waals surface area contributed by atoms with Gasteiger partial charge in [0, 0.05) is 12.2 Å². The first-order valence-electron chi connectivity index (χ1n) is 8.03. The normalized spacial score (nSPS) is 11.6. The second-order valence-corrected chi connectivity index (χ2v) is 8.29. The van der Waals surface area contributed by atoms with E-state index in [1.807, 2.05) is 63.2 Å². The molecule has 0 atom stereocenters. The molecule has 5 nitrogen and oxygen atoms in total. The summed E-state index contributed by atoms with van der Waals surface area (Å²) >= 11 is 0. The third-order valence-corrected chi connectivity index (χ3v) is 5.34. The van der Waals surface area contributed by atoms with Crippen LogP contribution < -0.4 is 5.32 Å². The molecule has 6 heteroatoms. The van der Waals surface area contributed by atoms with Gasteiger partial charge < -0.3 is 5.32 Å². The van der Waals surface area contributed by atoms with Crippen molar-refractivity contribution in [1.82, 2.24) is 4.31 Å². The monoisotopic (exact) mass is 360 g/mol. The maximum Gasteiger partial charge on any atom is 0.239 e. The predicted octanol–water partition coefficient (Wildman–Crippen LogP) is 3.01. The molecule has 0 saturated heterocycles. The van der Waals surface area contributed by atoms with Crippen molar-refractivity contribution >= 4 is 21.6 Å². The first-order valence-corrected chi connectivity index (χ1v) is 9.88. The molecule has 0 saturated carbocycles. The molecule has 0 heterocycles. The molecule has 0 spiro atoms. The highest BCUT2D eigenvalue weighted by molar-refractivity contribution is 7.88. The molecule has 25 heavy (non-hydrogen) atoms. The van der Waals surface area contributed by atoms with Gasteiger partial charge in [-0.15, -0.1) is 0 Å². The highest BCUT2D eigenvalue weighted by atomic mass is 32.2. The molecule has 2 rings (SSSR count). The van der Waals surface area contributed by atoms with Crippen molar-refractivity contribution < 1.29 is 13.2 Å². The highest BCUT2D eigenvalue weighted by Gasteiger charge is 2.21. The summed E-state index contributed by atoms with van der Waals surface area (Å²) in [6, 6.07) is 13.2. The van der Waals surface area contributed by atoms with E-state index < -0.39 is 10.0 Å². The summed E-state index contributed by atoms with van der Waals surface area (Å²) in [5.41, 5.74) is 4.68. The van der Waals surface area contributed by atoms with Crippen LogP contribution in [0.1, 0.15) is 22.3 Å². The number of hydrogen-bond donors (Lipinski definition) is 1. The summed E-state index contributed by atoms with van der Waals surface area (Å²) in [6.07, 6.45) is 1.12. The van der Waals surface area contributed by atoms with Crippen molar-refractivity contribution in [2.24, 2.45) is 0 Å². The van der Waals surface area contributed by atoms with Crippen LogP contribution in [0, 0.1) is 20.8 Å². The van der Waals surface area contributed by atoms with E-state index in [0.717, 1.165) is 28.5 Å². The Balaban J connectivity index is 2.12. The lowest BCUT2D eigenvalue weighted by atomic mass is 10.1. The van der Waals surface area contributed by atoms with Gasteiger partial charge in [-0.05, 0) is 43.5 Å². The number of hydrogen-bond acceptors (Lipinski definition) is 3. The molecule has 0 radical (unpaired) electrons. The first-order chi connectivity index (χ1) is 11.7. The molecular formula is C19H24N2O3S. The van der Waals surface area contributed by atoms with Gasteiger partial charge in [-0.25, -0.2) is 8.42 Å². The third-order valence-electron chi connectivity index (χ3n) is 4.15. The maximum atomic E-state index is 12.4. The predicted molar refractivity (Wildman–Crippen MR) is 101 cm³/mol. The van der Waals surface area contributed by atoms with E-state index >= 15 is 0 Å². The maximum absolute atomic E-state index is 12.4. The van der Waals surface area contributed by atoms with E-state index in [2.05, 4.69) is 5.32 Å². The molecule has 0 unspecified atom stereocenters. The Kier molecular flexibility index (Phi) is 5.98. The zero-order chi connectivity index (χ0) is 18.6. The van der Waals surface area contributed by atoms with Crippen LogP contribution in [0.15, 0.2) is 42.5 Å². The Morgan fingerprint density at radius 2 is 1.68 bits per heavy atom. The van der Waals surface area contributed by atoms with E-state index in [-0.39, 0.29) is 19.0 Å². The van der Waals surface area contributed by atoms with Gasteiger partial charge in [-0.2, -0.15) is 4.31 Å². The van der Waals surface area contributed by atoms with Gasteiger partial charge in [0.2, 0.25) is 15.9 Å². The number of carbonyl (C=O) groups excluding carboxylic acids is 1. The third kappa shape index (κ3) is 5.41. The number of nitrogens with zero attached hydrogens (tertiary/aromatic N) is 1. The van der Waals surface area contributed by atoms with Gasteiger partial charge >= 0.3 is 0 Å². The summed E-state index contributed by atoms with van der Waals surface area (Å²) in [4.78, 5) is 12.4. The van der Waals surface area contributed by atoms with Gasteiger partial charge in [0.05, 0.1) is 12.8 Å². The summed E-state index contributed by atoms with van der Waals surface area (Å²) in [5, 5.41) is 2.80. The zero-order valence-corrected chi connectivity index (χ0v) is 15.9. The Hall–Kier alpha value is -2.18. The van der Waals surface area contributed by atoms with Crippen LogP contribution in [-0.2, 0) is 21.4 Å². The number of anilines is 1. The molecule has 0 aliphatic heterocycles. The van der Waals surface area contributed by atoms with Gasteiger partial charge in [0.25, 0.3) is 0 Å². The van der Waals surface area contributed by atoms with Crippen molar-refractivity contribution in [3.8, 4) is 0 Å². The summed E-state index contributed by atoms with van der Waals surface area (Å²) in [5.74, 6) is -0.355. The minimum atomic E-state index is -3.51. The number of sulfonamides is 1. The Morgan fingerprint density at radius 1 is 1.04 bits per heavy atom. The topological polar surface area (TPSA) is 66.5 Å². The molecule has 0 aliphatic rings. The highest BCUT2D eigenvalue weighted by Crippen LogP contribution is 2.18. The molecule has 2 aromatic rings. The Labute approximate surface area is 149 Å². The molecule has 0 aliphatic carbocycles. The van der Waals surface area contributed by atoms with Crippen LogP contribution in [-0.4, -0.2) is 31.4 Å². The minimum Gasteiger partial charge on any atom is -0.325 e. The molecule has 0 fully saturated rings. The lowest BCUT2D eigenvalue weighted by Crippen LogP contribution is -2.37. The van der Waals surface area contributed by atoms with Crippen molar-refractivity contribution in [3.63, 3.8) is 0 Å². The average molecular weight is 360 g/mol. The van der Waals surface area contributed by atoms with E-state index in [1.165, 1.54) is 4.31 Å². The standard InChI is InChI=1S/C19H24N2O3S/c1-14-8-10-17(11-9-14)12-21(25(4,23)24)13-19(22)20-18-7-5-6-15(2)16(18)3/h5-11H,12-13H2,1-4H3,(H,20,22). The summed E-state index contributed by atoms with van der Waals surface area (Å²) in [6.45, 7) is 5.80. The number of amides is 1. The van der Waals surface area contributed by atoms with E-state index in [9.17, 15) is 13.2 Å². The summed E-state index contributed by atoms with van der Waals surface area (Å²) in [7, 11) is -3.51. The van der Waals surface area contributed by atoms with Crippen LogP contribution in [0.25, 0.3) is 0 Å². The fraction of sp³-hybridized carbons (Fsp3) is 0.316. The van der Waals surface area contributed by atoms with Crippen molar-refractivity contribution in [2.75, 3.05) is 18.1 Å².